The Bertz CT molecular complexity index is 694. The zero-order chi connectivity index (χ0) is 14.0. The molecule has 102 valence electrons. The second kappa shape index (κ2) is 4.90. The summed E-state index contributed by atoms with van der Waals surface area (Å²) in [6, 6.07) is 3.73. The molecule has 2 aromatic rings. The number of hydrogen-bond donors (Lipinski definition) is 3. The van der Waals surface area contributed by atoms with Gasteiger partial charge in [0.15, 0.2) is 0 Å². The summed E-state index contributed by atoms with van der Waals surface area (Å²) in [7, 11) is -1.91. The van der Waals surface area contributed by atoms with E-state index in [0.29, 0.717) is 5.82 Å². The molecule has 1 heterocycles. The molecule has 19 heavy (non-hydrogen) atoms. The van der Waals surface area contributed by atoms with Crippen molar-refractivity contribution in [1.29, 1.82) is 0 Å². The van der Waals surface area contributed by atoms with Gasteiger partial charge in [-0.15, -0.1) is 0 Å². The summed E-state index contributed by atoms with van der Waals surface area (Å²) in [6.07, 6.45) is 3.31. The van der Waals surface area contributed by atoms with Gasteiger partial charge in [-0.25, -0.2) is 18.1 Å². The number of benzene rings is 1. The number of aromatic hydroxyl groups is 1. The molecule has 0 spiro atoms. The zero-order valence-electron chi connectivity index (χ0n) is 10.2. The van der Waals surface area contributed by atoms with Gasteiger partial charge >= 0.3 is 0 Å². The minimum absolute atomic E-state index is 0.00277. The average Bonchev–Trinajstić information content (AvgIpc) is 2.76. The van der Waals surface area contributed by atoms with Crippen molar-refractivity contribution in [1.82, 2.24) is 14.3 Å². The first-order chi connectivity index (χ1) is 8.90. The van der Waals surface area contributed by atoms with Crippen LogP contribution in [0.5, 0.6) is 5.75 Å². The molecule has 8 heteroatoms. The first-order valence-corrected chi connectivity index (χ1v) is 6.93. The molecule has 1 aromatic carbocycles. The number of nitrogens with one attached hydrogen (secondary N) is 1. The number of sulfonamides is 1. The van der Waals surface area contributed by atoms with Crippen LogP contribution in [-0.4, -0.2) is 23.1 Å². The van der Waals surface area contributed by atoms with Crippen molar-refractivity contribution >= 4 is 15.7 Å². The molecule has 0 bridgehead atoms. The number of nitrogens with zero attached hydrogens (tertiary/aromatic N) is 2. The first kappa shape index (κ1) is 13.4. The lowest BCUT2D eigenvalue weighted by molar-refractivity contribution is 0.477. The second-order valence-corrected chi connectivity index (χ2v) is 5.77. The lowest BCUT2D eigenvalue weighted by Crippen LogP contribution is -2.24. The van der Waals surface area contributed by atoms with Crippen LogP contribution in [-0.2, 0) is 23.6 Å². The normalized spacial score (nSPS) is 11.6. The van der Waals surface area contributed by atoms with Gasteiger partial charge in [-0.1, -0.05) is 0 Å². The Kier molecular flexibility index (Phi) is 3.45. The Morgan fingerprint density at radius 1 is 1.47 bits per heavy atom. The zero-order valence-corrected chi connectivity index (χ0v) is 11.1. The van der Waals surface area contributed by atoms with Gasteiger partial charge in [0, 0.05) is 19.4 Å². The number of phenols is 1. The fourth-order valence-electron chi connectivity index (χ4n) is 1.51. The highest BCUT2D eigenvalue weighted by Crippen LogP contribution is 2.23. The molecule has 0 amide bonds. The van der Waals surface area contributed by atoms with E-state index in [0.717, 1.165) is 0 Å². The third-order valence-corrected chi connectivity index (χ3v) is 4.05. The number of nitrogens with two attached hydrogens (primary N) is 1. The number of anilines is 1. The monoisotopic (exact) mass is 282 g/mol. The quantitative estimate of drug-likeness (QED) is 0.547. The Morgan fingerprint density at radius 3 is 2.79 bits per heavy atom. The molecular formula is C11H14N4O3S. The number of aromatic nitrogens is 2. The van der Waals surface area contributed by atoms with Gasteiger partial charge in [0.25, 0.3) is 0 Å². The number of imidazole rings is 1. The van der Waals surface area contributed by atoms with Gasteiger partial charge in [-0.05, 0) is 18.2 Å². The highest BCUT2D eigenvalue weighted by atomic mass is 32.2. The first-order valence-electron chi connectivity index (χ1n) is 5.44. The highest BCUT2D eigenvalue weighted by molar-refractivity contribution is 7.89. The number of hydrogen-bond acceptors (Lipinski definition) is 5. The Morgan fingerprint density at radius 2 is 2.21 bits per heavy atom. The summed E-state index contributed by atoms with van der Waals surface area (Å²) in [5.74, 6) is 0.443. The largest absolute Gasteiger partial charge is 0.506 e. The minimum atomic E-state index is -3.69. The van der Waals surface area contributed by atoms with E-state index in [-0.39, 0.29) is 22.9 Å². The molecule has 7 nitrogen and oxygen atoms in total. The second-order valence-electron chi connectivity index (χ2n) is 4.00. The van der Waals surface area contributed by atoms with E-state index in [9.17, 15) is 13.5 Å². The maximum Gasteiger partial charge on any atom is 0.241 e. The molecule has 0 saturated heterocycles. The van der Waals surface area contributed by atoms with Crippen LogP contribution in [0.2, 0.25) is 0 Å². The molecule has 0 aliphatic rings. The van der Waals surface area contributed by atoms with Gasteiger partial charge in [0.05, 0.1) is 17.1 Å². The van der Waals surface area contributed by atoms with E-state index in [1.807, 2.05) is 0 Å². The SMILES string of the molecule is Cn1ccnc1CNS(=O)(=O)c1ccc(O)c(N)c1. The van der Waals surface area contributed by atoms with Crippen LogP contribution in [0.3, 0.4) is 0 Å². The van der Waals surface area contributed by atoms with E-state index >= 15 is 0 Å². The molecule has 0 aliphatic carbocycles. The topological polar surface area (TPSA) is 110 Å². The van der Waals surface area contributed by atoms with Crippen molar-refractivity contribution in [3.05, 3.63) is 36.4 Å². The van der Waals surface area contributed by atoms with E-state index in [1.165, 1.54) is 18.2 Å². The smallest absolute Gasteiger partial charge is 0.241 e. The maximum atomic E-state index is 12.0. The average molecular weight is 282 g/mol. The van der Waals surface area contributed by atoms with Crippen LogP contribution in [0, 0.1) is 0 Å². The fraction of sp³-hybridized carbons (Fsp3) is 0.182. The lowest BCUT2D eigenvalue weighted by Gasteiger charge is -2.08. The molecule has 1 aromatic heterocycles. The lowest BCUT2D eigenvalue weighted by atomic mass is 10.3. The van der Waals surface area contributed by atoms with E-state index in [1.54, 1.807) is 24.0 Å². The standard InChI is InChI=1S/C11H14N4O3S/c1-15-5-4-13-11(15)7-14-19(17,18)8-2-3-10(16)9(12)6-8/h2-6,14,16H,7,12H2,1H3. The van der Waals surface area contributed by atoms with Crippen LogP contribution in [0.1, 0.15) is 5.82 Å². The van der Waals surface area contributed by atoms with Crippen molar-refractivity contribution in [3.8, 4) is 5.75 Å². The third kappa shape index (κ3) is 2.85. The number of nitrogen functional groups attached to an aromatic ring is 1. The molecule has 0 atom stereocenters. The third-order valence-electron chi connectivity index (χ3n) is 2.65. The van der Waals surface area contributed by atoms with Gasteiger partial charge in [0.1, 0.15) is 11.6 Å². The summed E-state index contributed by atoms with van der Waals surface area (Å²) in [5, 5.41) is 9.27. The summed E-state index contributed by atoms with van der Waals surface area (Å²) >= 11 is 0. The van der Waals surface area contributed by atoms with Crippen LogP contribution >= 0.6 is 0 Å². The molecule has 4 N–H and O–H groups in total. The summed E-state index contributed by atoms with van der Waals surface area (Å²) < 4.78 is 28.2. The Labute approximate surface area is 110 Å². The van der Waals surface area contributed by atoms with E-state index in [4.69, 9.17) is 5.73 Å². The minimum Gasteiger partial charge on any atom is -0.506 e. The molecule has 2 rings (SSSR count). The molecule has 0 aliphatic heterocycles. The molecular weight excluding hydrogens is 268 g/mol. The molecule has 0 saturated carbocycles. The fourth-order valence-corrected chi connectivity index (χ4v) is 2.52. The van der Waals surface area contributed by atoms with Crippen LogP contribution in [0.4, 0.5) is 5.69 Å². The number of aryl methyl sites for hydroxylation is 1. The molecule has 0 radical (unpaired) electrons. The van der Waals surface area contributed by atoms with Crippen LogP contribution < -0.4 is 10.5 Å². The van der Waals surface area contributed by atoms with Crippen molar-refractivity contribution in [2.24, 2.45) is 7.05 Å². The molecule has 0 unspecified atom stereocenters. The summed E-state index contributed by atoms with van der Waals surface area (Å²) in [6.45, 7) is 0.0760. The van der Waals surface area contributed by atoms with Crippen molar-refractivity contribution in [3.63, 3.8) is 0 Å². The van der Waals surface area contributed by atoms with Crippen molar-refractivity contribution < 1.29 is 13.5 Å². The number of rotatable bonds is 4. The van der Waals surface area contributed by atoms with Gasteiger partial charge in [-0.3, -0.25) is 0 Å². The Hall–Kier alpha value is -2.06. The van der Waals surface area contributed by atoms with Crippen LogP contribution in [0.15, 0.2) is 35.5 Å². The maximum absolute atomic E-state index is 12.0. The van der Waals surface area contributed by atoms with Crippen LogP contribution in [0.25, 0.3) is 0 Å². The highest BCUT2D eigenvalue weighted by Gasteiger charge is 2.16. The van der Waals surface area contributed by atoms with Crippen molar-refractivity contribution in [2.75, 3.05) is 5.73 Å². The van der Waals surface area contributed by atoms with E-state index < -0.39 is 10.0 Å². The van der Waals surface area contributed by atoms with Gasteiger partial charge in [-0.2, -0.15) is 0 Å². The van der Waals surface area contributed by atoms with Gasteiger partial charge < -0.3 is 15.4 Å². The predicted octanol–water partition coefficient (Wildman–Crippen LogP) is 0.186. The van der Waals surface area contributed by atoms with Gasteiger partial charge in [0.2, 0.25) is 10.0 Å². The number of phenolic OH excluding ortho intramolecular Hbond substituents is 1. The molecule has 0 fully saturated rings. The summed E-state index contributed by atoms with van der Waals surface area (Å²) in [5.41, 5.74) is 5.49. The van der Waals surface area contributed by atoms with Crippen molar-refractivity contribution in [2.45, 2.75) is 11.4 Å². The Balaban J connectivity index is 2.18. The summed E-state index contributed by atoms with van der Waals surface area (Å²) in [4.78, 5) is 4.01. The predicted molar refractivity (Wildman–Crippen MR) is 69.8 cm³/mol. The van der Waals surface area contributed by atoms with E-state index in [2.05, 4.69) is 9.71 Å².